The van der Waals surface area contributed by atoms with Crippen molar-refractivity contribution in [1.82, 2.24) is 9.80 Å². The van der Waals surface area contributed by atoms with Crippen LogP contribution in [0.4, 0.5) is 16.4 Å². The smallest absolute Gasteiger partial charge is 0.257 e. The van der Waals surface area contributed by atoms with Crippen LogP contribution in [0.5, 0.6) is 0 Å². The van der Waals surface area contributed by atoms with Gasteiger partial charge in [-0.1, -0.05) is 49.5 Å². The van der Waals surface area contributed by atoms with Gasteiger partial charge in [0.25, 0.3) is 5.91 Å². The number of carbonyl (C=O) groups excluding carboxylic acids is 1. The second-order valence-electron chi connectivity index (χ2n) is 8.68. The molecular weight excluding hydrogens is 463 g/mol. The van der Waals surface area contributed by atoms with Crippen LogP contribution in [0.25, 0.3) is 6.08 Å². The van der Waals surface area contributed by atoms with E-state index in [0.29, 0.717) is 11.7 Å². The van der Waals surface area contributed by atoms with Crippen molar-refractivity contribution in [2.75, 3.05) is 25.5 Å². The third-order valence-corrected chi connectivity index (χ3v) is 9.24. The minimum atomic E-state index is -1.06. The fraction of sp³-hybridized carbons (Fsp3) is 0.231. The van der Waals surface area contributed by atoms with Gasteiger partial charge in [0, 0.05) is 35.9 Å². The van der Waals surface area contributed by atoms with E-state index in [2.05, 4.69) is 85.6 Å². The van der Waals surface area contributed by atoms with Crippen molar-refractivity contribution in [2.45, 2.75) is 20.0 Å². The number of thiophene rings is 1. The minimum absolute atomic E-state index is 0.0278. The lowest BCUT2D eigenvalue weighted by Gasteiger charge is -2.33. The summed E-state index contributed by atoms with van der Waals surface area (Å²) in [5.74, 6) is -0.0278. The SMILES string of the molecule is Cc1ccccc1N(c1ccc(/C=C2\CN(C)C(=S)N(C)C2=O)s1)c1ccccc1[SiH](C)C. The summed E-state index contributed by atoms with van der Waals surface area (Å²) in [5, 5.41) is 3.14. The second kappa shape index (κ2) is 9.63. The van der Waals surface area contributed by atoms with Crippen LogP contribution in [0, 0.1) is 6.92 Å². The van der Waals surface area contributed by atoms with E-state index in [9.17, 15) is 4.79 Å². The first-order valence-electron chi connectivity index (χ1n) is 11.1. The molecule has 7 heteroatoms. The molecule has 4 nitrogen and oxygen atoms in total. The third-order valence-electron chi connectivity index (χ3n) is 5.91. The van der Waals surface area contributed by atoms with Crippen LogP contribution in [-0.2, 0) is 4.79 Å². The molecule has 1 aliphatic rings. The van der Waals surface area contributed by atoms with Gasteiger partial charge in [-0.3, -0.25) is 9.69 Å². The molecule has 2 aromatic carbocycles. The molecule has 0 spiro atoms. The van der Waals surface area contributed by atoms with E-state index in [-0.39, 0.29) is 5.91 Å². The molecule has 0 aliphatic carbocycles. The summed E-state index contributed by atoms with van der Waals surface area (Å²) in [6.45, 7) is 7.42. The van der Waals surface area contributed by atoms with E-state index in [1.54, 1.807) is 23.3 Å². The number of hydrogen-bond donors (Lipinski definition) is 0. The molecule has 0 atom stereocenters. The molecule has 1 amide bonds. The summed E-state index contributed by atoms with van der Waals surface area (Å²) in [4.78, 5) is 19.7. The monoisotopic (exact) mass is 491 g/mol. The van der Waals surface area contributed by atoms with Crippen molar-refractivity contribution in [1.29, 1.82) is 0 Å². The summed E-state index contributed by atoms with van der Waals surface area (Å²) < 4.78 is 0. The van der Waals surface area contributed by atoms with Gasteiger partial charge >= 0.3 is 0 Å². The zero-order valence-electron chi connectivity index (χ0n) is 19.7. The van der Waals surface area contributed by atoms with E-state index < -0.39 is 8.80 Å². The average Bonchev–Trinajstić information content (AvgIpc) is 3.25. The molecule has 170 valence electrons. The number of aryl methyl sites for hydroxylation is 1. The van der Waals surface area contributed by atoms with Crippen LogP contribution < -0.4 is 10.1 Å². The molecule has 3 aromatic rings. The van der Waals surface area contributed by atoms with Gasteiger partial charge in [-0.05, 0) is 60.2 Å². The van der Waals surface area contributed by atoms with E-state index in [1.165, 1.54) is 22.1 Å². The standard InChI is InChI=1S/C26H29N3OS2Si/c1-18-10-6-7-11-21(18)29(22-12-8-9-13-23(22)33(4)5)24-15-14-20(32-24)16-19-17-27(2)26(31)28(3)25(19)30/h6-16,33H,17H2,1-5H3/b19-16+. The third kappa shape index (κ3) is 4.67. The number of likely N-dealkylation sites (N-methyl/N-ethyl adjacent to an activating group) is 2. The Morgan fingerprint density at radius 3 is 2.36 bits per heavy atom. The summed E-state index contributed by atoms with van der Waals surface area (Å²) in [5.41, 5.74) is 4.40. The van der Waals surface area contributed by atoms with Gasteiger partial charge in [0.05, 0.1) is 15.3 Å². The molecule has 0 saturated carbocycles. The molecule has 1 fully saturated rings. The lowest BCUT2D eigenvalue weighted by molar-refractivity contribution is -0.123. The first-order valence-corrected chi connectivity index (χ1v) is 15.2. The topological polar surface area (TPSA) is 26.8 Å². The Kier molecular flexibility index (Phi) is 6.83. The number of benzene rings is 2. The van der Waals surface area contributed by atoms with E-state index in [0.717, 1.165) is 15.5 Å². The molecule has 0 unspecified atom stereocenters. The molecular formula is C26H29N3OS2Si. The Labute approximate surface area is 207 Å². The maximum Gasteiger partial charge on any atom is 0.257 e. The Morgan fingerprint density at radius 2 is 1.67 bits per heavy atom. The van der Waals surface area contributed by atoms with Crippen molar-refractivity contribution in [3.8, 4) is 0 Å². The van der Waals surface area contributed by atoms with Crippen molar-refractivity contribution < 1.29 is 4.79 Å². The normalized spacial score (nSPS) is 15.6. The number of anilines is 3. The summed E-state index contributed by atoms with van der Waals surface area (Å²) in [6, 6.07) is 21.5. The van der Waals surface area contributed by atoms with Gasteiger partial charge in [-0.2, -0.15) is 0 Å². The van der Waals surface area contributed by atoms with Crippen LogP contribution in [0.15, 0.2) is 66.2 Å². The molecule has 0 bridgehead atoms. The molecule has 4 rings (SSSR count). The fourth-order valence-corrected chi connectivity index (χ4v) is 6.59. The zero-order valence-corrected chi connectivity index (χ0v) is 22.5. The van der Waals surface area contributed by atoms with Gasteiger partial charge in [0.2, 0.25) is 0 Å². The van der Waals surface area contributed by atoms with Crippen molar-refractivity contribution >= 4 is 71.0 Å². The number of carbonyl (C=O) groups is 1. The predicted molar refractivity (Wildman–Crippen MR) is 148 cm³/mol. The highest BCUT2D eigenvalue weighted by Gasteiger charge is 2.28. The maximum absolute atomic E-state index is 12.8. The van der Waals surface area contributed by atoms with Gasteiger partial charge in [0.1, 0.15) is 5.00 Å². The van der Waals surface area contributed by atoms with Crippen molar-refractivity contribution in [2.24, 2.45) is 0 Å². The fourth-order valence-electron chi connectivity index (χ4n) is 4.13. The molecule has 2 heterocycles. The molecule has 1 aliphatic heterocycles. The van der Waals surface area contributed by atoms with Gasteiger partial charge in [0.15, 0.2) is 5.11 Å². The van der Waals surface area contributed by atoms with Gasteiger partial charge < -0.3 is 9.80 Å². The quantitative estimate of drug-likeness (QED) is 0.275. The van der Waals surface area contributed by atoms with Gasteiger partial charge in [-0.15, -0.1) is 11.3 Å². The number of amides is 1. The molecule has 33 heavy (non-hydrogen) atoms. The number of hydrogen-bond acceptors (Lipinski definition) is 4. The largest absolute Gasteiger partial charge is 0.347 e. The van der Waals surface area contributed by atoms with Crippen LogP contribution in [0.1, 0.15) is 10.4 Å². The summed E-state index contributed by atoms with van der Waals surface area (Å²) in [7, 11) is 2.60. The number of thiocarbonyl (C=S) groups is 1. The summed E-state index contributed by atoms with van der Waals surface area (Å²) >= 11 is 7.04. The Hall–Kier alpha value is -2.74. The predicted octanol–water partition coefficient (Wildman–Crippen LogP) is 5.29. The number of para-hydroxylation sites is 2. The summed E-state index contributed by atoms with van der Waals surface area (Å²) in [6.07, 6.45) is 2.00. The van der Waals surface area contributed by atoms with E-state index in [1.807, 2.05) is 18.0 Å². The van der Waals surface area contributed by atoms with Gasteiger partial charge in [-0.25, -0.2) is 0 Å². The molecule has 0 N–H and O–H groups in total. The zero-order chi connectivity index (χ0) is 23.7. The van der Waals surface area contributed by atoms with Crippen molar-refractivity contribution in [3.05, 3.63) is 76.7 Å². The minimum Gasteiger partial charge on any atom is -0.347 e. The van der Waals surface area contributed by atoms with Crippen LogP contribution in [0.2, 0.25) is 13.1 Å². The van der Waals surface area contributed by atoms with Crippen LogP contribution in [-0.4, -0.2) is 50.3 Å². The average molecular weight is 492 g/mol. The van der Waals surface area contributed by atoms with E-state index in [4.69, 9.17) is 12.2 Å². The highest BCUT2D eigenvalue weighted by Crippen LogP contribution is 2.40. The van der Waals surface area contributed by atoms with Crippen molar-refractivity contribution in [3.63, 3.8) is 0 Å². The lowest BCUT2D eigenvalue weighted by Crippen LogP contribution is -2.49. The second-order valence-corrected chi connectivity index (χ2v) is 13.1. The Balaban J connectivity index is 1.79. The Bertz CT molecular complexity index is 1230. The molecule has 1 aromatic heterocycles. The highest BCUT2D eigenvalue weighted by molar-refractivity contribution is 7.80. The van der Waals surface area contributed by atoms with E-state index >= 15 is 0 Å². The molecule has 1 saturated heterocycles. The number of rotatable bonds is 5. The Morgan fingerprint density at radius 1 is 1.00 bits per heavy atom. The first kappa shape index (κ1) is 23.4. The lowest BCUT2D eigenvalue weighted by atomic mass is 10.1. The highest BCUT2D eigenvalue weighted by atomic mass is 32.1. The first-order chi connectivity index (χ1) is 15.8. The van der Waals surface area contributed by atoms with Crippen LogP contribution in [0.3, 0.4) is 0 Å². The maximum atomic E-state index is 12.8. The molecule has 0 radical (unpaired) electrons. The number of nitrogens with zero attached hydrogens (tertiary/aromatic N) is 3. The van der Waals surface area contributed by atoms with Crippen LogP contribution >= 0.6 is 23.6 Å².